The maximum Gasteiger partial charge on any atom is 0.412 e. The molecule has 0 aliphatic rings. The molecule has 0 aliphatic carbocycles. The van der Waals surface area contributed by atoms with Crippen LogP contribution in [0.4, 0.5) is 4.79 Å². The maximum atomic E-state index is 13.0. The molecule has 166 valence electrons. The van der Waals surface area contributed by atoms with Gasteiger partial charge in [0.1, 0.15) is 6.07 Å². The minimum atomic E-state index is -2.05. The largest absolute Gasteiger partial charge is 0.549 e. The smallest absolute Gasteiger partial charge is 0.412 e. The molecular weight excluding hydrogens is 392 g/mol. The maximum absolute atomic E-state index is 13.0. The van der Waals surface area contributed by atoms with Crippen molar-refractivity contribution in [1.82, 2.24) is 4.90 Å². The first-order valence-electron chi connectivity index (χ1n) is 10.6. The Kier molecular flexibility index (Phi) is 8.73. The van der Waals surface area contributed by atoms with Gasteiger partial charge in [-0.2, -0.15) is 5.26 Å². The van der Waals surface area contributed by atoms with E-state index in [4.69, 9.17) is 9.16 Å². The number of nitriles is 1. The zero-order chi connectivity index (χ0) is 23.2. The van der Waals surface area contributed by atoms with E-state index >= 15 is 0 Å². The van der Waals surface area contributed by atoms with Crippen LogP contribution in [0.2, 0.25) is 18.1 Å². The van der Waals surface area contributed by atoms with Gasteiger partial charge in [-0.1, -0.05) is 51.1 Å². The second kappa shape index (κ2) is 10.2. The monoisotopic (exact) mass is 430 g/mol. The molecule has 0 aliphatic heterocycles. The second-order valence-electron chi connectivity index (χ2n) is 9.81. The lowest BCUT2D eigenvalue weighted by atomic mass is 9.95. The minimum absolute atomic E-state index is 0.0227. The second-order valence-corrected chi connectivity index (χ2v) is 14.6. The van der Waals surface area contributed by atoms with Gasteiger partial charge in [-0.05, 0) is 51.4 Å². The summed E-state index contributed by atoms with van der Waals surface area (Å²) in [6.07, 6.45) is 2.90. The van der Waals surface area contributed by atoms with Crippen LogP contribution in [0.1, 0.15) is 54.0 Å². The molecule has 0 aromatic heterocycles. The molecule has 0 bridgehead atoms. The number of benzene rings is 1. The first-order chi connectivity index (χ1) is 13.7. The molecule has 0 radical (unpaired) electrons. The van der Waals surface area contributed by atoms with E-state index in [1.165, 1.54) is 0 Å². The average Bonchev–Trinajstić information content (AvgIpc) is 2.60. The Labute approximate surface area is 183 Å². The van der Waals surface area contributed by atoms with Crippen molar-refractivity contribution < 1.29 is 14.0 Å². The molecular formula is C24H38N2O3Si. The van der Waals surface area contributed by atoms with Crippen molar-refractivity contribution in [3.8, 4) is 6.07 Å². The van der Waals surface area contributed by atoms with E-state index in [1.807, 2.05) is 58.0 Å². The fourth-order valence-corrected chi connectivity index (χ4v) is 3.61. The summed E-state index contributed by atoms with van der Waals surface area (Å²) in [7, 11) is -2.05. The van der Waals surface area contributed by atoms with Gasteiger partial charge in [0.15, 0.2) is 0 Å². The normalized spacial score (nSPS) is 14.5. The van der Waals surface area contributed by atoms with Gasteiger partial charge in [0.25, 0.3) is 0 Å². The quantitative estimate of drug-likeness (QED) is 0.359. The Morgan fingerprint density at radius 3 is 2.10 bits per heavy atom. The van der Waals surface area contributed by atoms with Gasteiger partial charge in [-0.25, -0.2) is 4.79 Å². The van der Waals surface area contributed by atoms with E-state index < -0.39 is 20.0 Å². The number of hydrogen-bond acceptors (Lipinski definition) is 4. The van der Waals surface area contributed by atoms with E-state index in [-0.39, 0.29) is 23.5 Å². The van der Waals surface area contributed by atoms with E-state index in [0.29, 0.717) is 0 Å². The highest BCUT2D eigenvalue weighted by atomic mass is 28.4. The fraction of sp³-hybridized carbons (Fsp3) is 0.583. The van der Waals surface area contributed by atoms with Crippen molar-refractivity contribution in [2.24, 2.45) is 0 Å². The highest BCUT2D eigenvalue weighted by molar-refractivity contribution is 6.74. The number of hydrogen-bond donors (Lipinski definition) is 0. The molecule has 0 saturated heterocycles. The van der Waals surface area contributed by atoms with Crippen LogP contribution in [0.5, 0.6) is 0 Å². The minimum Gasteiger partial charge on any atom is -0.549 e. The molecule has 5 nitrogen and oxygen atoms in total. The van der Waals surface area contributed by atoms with Crippen LogP contribution in [0.15, 0.2) is 42.7 Å². The molecule has 6 heteroatoms. The summed E-state index contributed by atoms with van der Waals surface area (Å²) < 4.78 is 12.0. The molecule has 30 heavy (non-hydrogen) atoms. The third-order valence-electron chi connectivity index (χ3n) is 5.60. The molecule has 0 unspecified atom stereocenters. The predicted octanol–water partition coefficient (Wildman–Crippen LogP) is 6.28. The third kappa shape index (κ3) is 6.91. The van der Waals surface area contributed by atoms with Crippen LogP contribution in [-0.2, 0) is 15.6 Å². The summed E-state index contributed by atoms with van der Waals surface area (Å²) in [5.74, 6) is 0. The summed E-state index contributed by atoms with van der Waals surface area (Å²) in [5.41, 5.74) is -0.549. The molecule has 0 N–H and O–H groups in total. The lowest BCUT2D eigenvalue weighted by Crippen LogP contribution is -2.47. The zero-order valence-corrected chi connectivity index (χ0v) is 21.0. The molecule has 0 saturated carbocycles. The summed E-state index contributed by atoms with van der Waals surface area (Å²) in [4.78, 5) is 14.6. The first kappa shape index (κ1) is 25.8. The number of amides is 1. The molecule has 1 atom stereocenters. The topological polar surface area (TPSA) is 62.6 Å². The number of carbonyl (C=O) groups excluding carboxylic acids is 1. The SMILES string of the molecule is CC(C)N(C(=O)O[C@](C#N)(/C=C\O[Si](C)(C)C(C)(C)C)Cc1ccccc1)C(C)C. The summed E-state index contributed by atoms with van der Waals surface area (Å²) in [6.45, 7) is 18.5. The van der Waals surface area contributed by atoms with E-state index in [1.54, 1.807) is 17.2 Å². The lowest BCUT2D eigenvalue weighted by Gasteiger charge is -2.36. The lowest BCUT2D eigenvalue weighted by molar-refractivity contribution is 0.0337. The molecule has 0 spiro atoms. The van der Waals surface area contributed by atoms with Gasteiger partial charge in [-0.15, -0.1) is 0 Å². The molecule has 0 fully saturated rings. The standard InChI is InChI=1S/C24H38N2O3Si/c1-19(2)26(20(3)4)22(27)29-24(18-25,17-21-13-11-10-12-14-21)15-16-28-30(8,9)23(5,6)7/h10-16,19-20H,17H2,1-9H3/b16-15-/t24-/m1/s1. The number of nitrogens with zero attached hydrogens (tertiary/aromatic N) is 2. The summed E-state index contributed by atoms with van der Waals surface area (Å²) in [5, 5.41) is 10.1. The number of ether oxygens (including phenoxy) is 1. The van der Waals surface area contributed by atoms with Crippen molar-refractivity contribution in [3.05, 3.63) is 48.2 Å². The van der Waals surface area contributed by atoms with Crippen LogP contribution < -0.4 is 0 Å². The number of rotatable bonds is 8. The Morgan fingerprint density at radius 1 is 1.13 bits per heavy atom. The van der Waals surface area contributed by atoms with Gasteiger partial charge >= 0.3 is 6.09 Å². The highest BCUT2D eigenvalue weighted by Crippen LogP contribution is 2.37. The van der Waals surface area contributed by atoms with Gasteiger partial charge in [0, 0.05) is 24.6 Å². The van der Waals surface area contributed by atoms with E-state index in [0.717, 1.165) is 5.56 Å². The van der Waals surface area contributed by atoms with Gasteiger partial charge in [0.2, 0.25) is 13.9 Å². The molecule has 1 aromatic rings. The van der Waals surface area contributed by atoms with Crippen LogP contribution in [0.25, 0.3) is 0 Å². The van der Waals surface area contributed by atoms with Gasteiger partial charge in [0.05, 0.1) is 6.26 Å². The highest BCUT2D eigenvalue weighted by Gasteiger charge is 2.39. The van der Waals surface area contributed by atoms with Crippen molar-refractivity contribution in [2.45, 2.75) is 90.7 Å². The fourth-order valence-electron chi connectivity index (χ4n) is 2.84. The van der Waals surface area contributed by atoms with Gasteiger partial charge < -0.3 is 14.1 Å². The molecule has 1 rings (SSSR count). The van der Waals surface area contributed by atoms with E-state index in [9.17, 15) is 10.1 Å². The van der Waals surface area contributed by atoms with Crippen LogP contribution in [0, 0.1) is 11.3 Å². The predicted molar refractivity (Wildman–Crippen MR) is 125 cm³/mol. The van der Waals surface area contributed by atoms with Crippen molar-refractivity contribution in [1.29, 1.82) is 5.26 Å². The first-order valence-corrected chi connectivity index (χ1v) is 13.5. The average molecular weight is 431 g/mol. The van der Waals surface area contributed by atoms with Crippen molar-refractivity contribution in [2.75, 3.05) is 0 Å². The Hall–Kier alpha value is -2.26. The Bertz CT molecular complexity index is 753. The Balaban J connectivity index is 3.26. The number of carbonyl (C=O) groups is 1. The van der Waals surface area contributed by atoms with Crippen LogP contribution in [0.3, 0.4) is 0 Å². The van der Waals surface area contributed by atoms with Crippen molar-refractivity contribution >= 4 is 14.4 Å². The molecule has 0 heterocycles. The third-order valence-corrected chi connectivity index (χ3v) is 9.94. The van der Waals surface area contributed by atoms with Gasteiger partial charge in [-0.3, -0.25) is 0 Å². The van der Waals surface area contributed by atoms with E-state index in [2.05, 4.69) is 39.9 Å². The summed E-state index contributed by atoms with van der Waals surface area (Å²) >= 11 is 0. The molecule has 1 amide bonds. The van der Waals surface area contributed by atoms with Crippen LogP contribution in [-0.4, -0.2) is 37.0 Å². The van der Waals surface area contributed by atoms with Crippen molar-refractivity contribution in [3.63, 3.8) is 0 Å². The molecule has 1 aromatic carbocycles. The Morgan fingerprint density at radius 2 is 1.67 bits per heavy atom. The van der Waals surface area contributed by atoms with Crippen LogP contribution >= 0.6 is 0 Å². The summed E-state index contributed by atoms with van der Waals surface area (Å²) in [6, 6.07) is 11.7. The zero-order valence-electron chi connectivity index (χ0n) is 20.0.